The largest absolute Gasteiger partial charge is 0.382 e. The van der Waals surface area contributed by atoms with Crippen molar-refractivity contribution in [3.63, 3.8) is 0 Å². The maximum atomic E-state index is 5.96. The Bertz CT molecular complexity index is 736. The minimum atomic E-state index is 0.451. The lowest BCUT2D eigenvalue weighted by molar-refractivity contribution is 1.22. The van der Waals surface area contributed by atoms with E-state index in [1.54, 1.807) is 6.20 Å². The number of anilines is 1. The molecule has 0 bridgehead atoms. The van der Waals surface area contributed by atoms with Crippen LogP contribution < -0.4 is 5.73 Å². The fraction of sp³-hybridized carbons (Fsp3) is 0.0588. The highest BCUT2D eigenvalue weighted by Gasteiger charge is 2.08. The van der Waals surface area contributed by atoms with Crippen LogP contribution in [-0.4, -0.2) is 9.97 Å². The van der Waals surface area contributed by atoms with Crippen molar-refractivity contribution in [2.75, 3.05) is 5.73 Å². The van der Waals surface area contributed by atoms with Crippen molar-refractivity contribution in [2.24, 2.45) is 0 Å². The molecule has 98 valence electrons. The summed E-state index contributed by atoms with van der Waals surface area (Å²) >= 11 is 0. The number of rotatable bonds is 2. The number of nitrogens with zero attached hydrogens (tertiary/aromatic N) is 2. The Morgan fingerprint density at radius 1 is 0.900 bits per heavy atom. The van der Waals surface area contributed by atoms with E-state index >= 15 is 0 Å². The first-order chi connectivity index (χ1) is 9.74. The monoisotopic (exact) mass is 261 g/mol. The molecule has 0 unspecified atom stereocenters. The van der Waals surface area contributed by atoms with E-state index in [-0.39, 0.29) is 0 Å². The third-order valence-electron chi connectivity index (χ3n) is 3.16. The molecule has 3 aromatic rings. The molecule has 0 aliphatic heterocycles. The Balaban J connectivity index is 2.12. The van der Waals surface area contributed by atoms with E-state index in [1.165, 1.54) is 5.56 Å². The predicted molar refractivity (Wildman–Crippen MR) is 82.1 cm³/mol. The molecule has 1 heterocycles. The number of benzene rings is 2. The number of nitrogens with two attached hydrogens (primary N) is 1. The molecule has 0 radical (unpaired) electrons. The van der Waals surface area contributed by atoms with E-state index in [4.69, 9.17) is 5.73 Å². The second-order valence-corrected chi connectivity index (χ2v) is 4.72. The van der Waals surface area contributed by atoms with E-state index in [1.807, 2.05) is 42.5 Å². The van der Waals surface area contributed by atoms with Gasteiger partial charge in [-0.3, -0.25) is 0 Å². The molecule has 2 aromatic carbocycles. The van der Waals surface area contributed by atoms with Crippen molar-refractivity contribution in [3.8, 4) is 22.5 Å². The lowest BCUT2D eigenvalue weighted by Gasteiger charge is -2.07. The number of aromatic nitrogens is 2. The van der Waals surface area contributed by atoms with E-state index in [0.29, 0.717) is 5.82 Å². The summed E-state index contributed by atoms with van der Waals surface area (Å²) in [6, 6.07) is 18.1. The minimum Gasteiger partial charge on any atom is -0.382 e. The summed E-state index contributed by atoms with van der Waals surface area (Å²) in [5, 5.41) is 0. The zero-order valence-electron chi connectivity index (χ0n) is 11.2. The zero-order valence-corrected chi connectivity index (χ0v) is 11.2. The molecule has 3 rings (SSSR count). The number of aryl methyl sites for hydroxylation is 1. The molecule has 0 atom stereocenters. The van der Waals surface area contributed by atoms with Gasteiger partial charge in [-0.15, -0.1) is 0 Å². The van der Waals surface area contributed by atoms with Gasteiger partial charge in [0.05, 0.1) is 11.9 Å². The third-order valence-corrected chi connectivity index (χ3v) is 3.16. The molecule has 20 heavy (non-hydrogen) atoms. The van der Waals surface area contributed by atoms with Gasteiger partial charge in [-0.1, -0.05) is 54.1 Å². The second-order valence-electron chi connectivity index (χ2n) is 4.72. The van der Waals surface area contributed by atoms with Gasteiger partial charge >= 0.3 is 0 Å². The average Bonchev–Trinajstić information content (AvgIpc) is 2.48. The van der Waals surface area contributed by atoms with Gasteiger partial charge < -0.3 is 5.73 Å². The van der Waals surface area contributed by atoms with Gasteiger partial charge in [0.1, 0.15) is 11.5 Å². The Morgan fingerprint density at radius 3 is 2.40 bits per heavy atom. The highest BCUT2D eigenvalue weighted by Crippen LogP contribution is 2.25. The van der Waals surface area contributed by atoms with Crippen LogP contribution in [0.5, 0.6) is 0 Å². The lowest BCUT2D eigenvalue weighted by atomic mass is 10.1. The predicted octanol–water partition coefficient (Wildman–Crippen LogP) is 3.70. The van der Waals surface area contributed by atoms with Gasteiger partial charge in [-0.2, -0.15) is 0 Å². The molecule has 0 amide bonds. The van der Waals surface area contributed by atoms with Gasteiger partial charge in [-0.25, -0.2) is 9.97 Å². The van der Waals surface area contributed by atoms with Crippen molar-refractivity contribution in [1.82, 2.24) is 9.97 Å². The highest BCUT2D eigenvalue weighted by molar-refractivity contribution is 5.73. The van der Waals surface area contributed by atoms with Crippen LogP contribution in [0.25, 0.3) is 22.5 Å². The summed E-state index contributed by atoms with van der Waals surface area (Å²) in [5.74, 6) is 0.451. The molecule has 0 aliphatic carbocycles. The lowest BCUT2D eigenvalue weighted by Crippen LogP contribution is -1.98. The topological polar surface area (TPSA) is 51.8 Å². The molecule has 3 heteroatoms. The SMILES string of the molecule is Cc1cccc(-c2cnc(N)c(-c3ccccc3)n2)c1. The van der Waals surface area contributed by atoms with Gasteiger partial charge in [0.2, 0.25) is 0 Å². The van der Waals surface area contributed by atoms with Gasteiger partial charge in [0, 0.05) is 11.1 Å². The van der Waals surface area contributed by atoms with E-state index in [2.05, 4.69) is 29.0 Å². The standard InChI is InChI=1S/C17H15N3/c1-12-6-5-9-14(10-12)15-11-19-17(18)16(20-15)13-7-3-2-4-8-13/h2-11H,1H3,(H2,18,19). The van der Waals surface area contributed by atoms with Gasteiger partial charge in [-0.05, 0) is 13.0 Å². The van der Waals surface area contributed by atoms with Crippen LogP contribution in [0.15, 0.2) is 60.8 Å². The van der Waals surface area contributed by atoms with E-state index < -0.39 is 0 Å². The molecule has 0 spiro atoms. The minimum absolute atomic E-state index is 0.451. The molecule has 0 aliphatic rings. The van der Waals surface area contributed by atoms with Crippen LogP contribution in [0.1, 0.15) is 5.56 Å². The van der Waals surface area contributed by atoms with Crippen LogP contribution in [0, 0.1) is 6.92 Å². The third kappa shape index (κ3) is 2.38. The summed E-state index contributed by atoms with van der Waals surface area (Å²) in [5.41, 5.74) is 10.7. The first-order valence-corrected chi connectivity index (χ1v) is 6.49. The van der Waals surface area contributed by atoms with Crippen molar-refractivity contribution in [1.29, 1.82) is 0 Å². The molecule has 1 aromatic heterocycles. The Kier molecular flexibility index (Phi) is 3.17. The summed E-state index contributed by atoms with van der Waals surface area (Å²) < 4.78 is 0. The molecule has 3 nitrogen and oxygen atoms in total. The highest BCUT2D eigenvalue weighted by atomic mass is 14.9. The van der Waals surface area contributed by atoms with Gasteiger partial charge in [0.15, 0.2) is 0 Å². The molecular formula is C17H15N3. The van der Waals surface area contributed by atoms with Crippen LogP contribution in [0.2, 0.25) is 0 Å². The summed E-state index contributed by atoms with van der Waals surface area (Å²) in [7, 11) is 0. The fourth-order valence-corrected chi connectivity index (χ4v) is 2.15. The van der Waals surface area contributed by atoms with E-state index in [0.717, 1.165) is 22.5 Å². The smallest absolute Gasteiger partial charge is 0.150 e. The van der Waals surface area contributed by atoms with Gasteiger partial charge in [0.25, 0.3) is 0 Å². The maximum absolute atomic E-state index is 5.96. The number of hydrogen-bond acceptors (Lipinski definition) is 3. The molecule has 0 saturated heterocycles. The van der Waals surface area contributed by atoms with Crippen LogP contribution in [-0.2, 0) is 0 Å². The summed E-state index contributed by atoms with van der Waals surface area (Å²) in [4.78, 5) is 8.94. The van der Waals surface area contributed by atoms with Crippen LogP contribution in [0.4, 0.5) is 5.82 Å². The molecule has 2 N–H and O–H groups in total. The molecule has 0 saturated carbocycles. The summed E-state index contributed by atoms with van der Waals surface area (Å²) in [6.07, 6.45) is 1.72. The van der Waals surface area contributed by atoms with Crippen molar-refractivity contribution in [3.05, 3.63) is 66.4 Å². The number of hydrogen-bond donors (Lipinski definition) is 1. The van der Waals surface area contributed by atoms with E-state index in [9.17, 15) is 0 Å². The number of nitrogen functional groups attached to an aromatic ring is 1. The Labute approximate surface area is 118 Å². The molecular weight excluding hydrogens is 246 g/mol. The quantitative estimate of drug-likeness (QED) is 0.765. The zero-order chi connectivity index (χ0) is 13.9. The molecule has 0 fully saturated rings. The maximum Gasteiger partial charge on any atom is 0.150 e. The summed E-state index contributed by atoms with van der Waals surface area (Å²) in [6.45, 7) is 2.06. The normalized spacial score (nSPS) is 10.4. The van der Waals surface area contributed by atoms with Crippen LogP contribution in [0.3, 0.4) is 0 Å². The Morgan fingerprint density at radius 2 is 1.65 bits per heavy atom. The first kappa shape index (κ1) is 12.4. The van der Waals surface area contributed by atoms with Crippen molar-refractivity contribution < 1.29 is 0 Å². The van der Waals surface area contributed by atoms with Crippen molar-refractivity contribution in [2.45, 2.75) is 6.92 Å². The van der Waals surface area contributed by atoms with Crippen LogP contribution >= 0.6 is 0 Å². The van der Waals surface area contributed by atoms with Crippen molar-refractivity contribution >= 4 is 5.82 Å². The second kappa shape index (κ2) is 5.13. The fourth-order valence-electron chi connectivity index (χ4n) is 2.15. The average molecular weight is 261 g/mol. The first-order valence-electron chi connectivity index (χ1n) is 6.49. The Hall–Kier alpha value is -2.68.